The third kappa shape index (κ3) is 7.19. The number of aryl methyl sites for hydroxylation is 1. The number of rotatable bonds is 8. The minimum atomic E-state index is -1.31. The van der Waals surface area contributed by atoms with Crippen molar-refractivity contribution in [2.75, 3.05) is 0 Å². The Balaban J connectivity index is 2.33. The van der Waals surface area contributed by atoms with Gasteiger partial charge in [0.2, 0.25) is 0 Å². The van der Waals surface area contributed by atoms with Gasteiger partial charge in [-0.1, -0.05) is 55.7 Å². The third-order valence-corrected chi connectivity index (χ3v) is 3.79. The summed E-state index contributed by atoms with van der Waals surface area (Å²) in [5.74, 6) is 0. The summed E-state index contributed by atoms with van der Waals surface area (Å²) in [4.78, 5) is 0.732. The van der Waals surface area contributed by atoms with Crippen LogP contribution in [0.5, 0.6) is 0 Å². The van der Waals surface area contributed by atoms with E-state index in [9.17, 15) is 4.21 Å². The zero-order valence-electron chi connectivity index (χ0n) is 12.3. The van der Waals surface area contributed by atoms with Crippen LogP contribution in [-0.2, 0) is 11.0 Å². The molecule has 108 valence electrons. The Hall–Kier alpha value is -1.48. The first-order valence-electron chi connectivity index (χ1n) is 7.08. The number of hydrogen-bond acceptors (Lipinski definition) is 1. The van der Waals surface area contributed by atoms with Crippen LogP contribution in [0, 0.1) is 6.92 Å². The molecule has 1 atom stereocenters. The Morgan fingerprint density at radius 3 is 2.55 bits per heavy atom. The fourth-order valence-electron chi connectivity index (χ4n) is 1.61. The summed E-state index contributed by atoms with van der Waals surface area (Å²) in [6.07, 6.45) is 14.4. The Labute approximate surface area is 124 Å². The monoisotopic (exact) mass is 289 g/mol. The van der Waals surface area contributed by atoms with E-state index >= 15 is 0 Å². The van der Waals surface area contributed by atoms with Crippen LogP contribution >= 0.6 is 0 Å². The number of unbranched alkanes of at least 4 members (excludes halogenated alkanes) is 3. The van der Waals surface area contributed by atoms with Gasteiger partial charge in [-0.2, -0.15) is 4.40 Å². The topological polar surface area (TPSA) is 29.4 Å². The first-order chi connectivity index (χ1) is 9.74. The van der Waals surface area contributed by atoms with Gasteiger partial charge in [0.15, 0.2) is 11.0 Å². The molecule has 1 aromatic carbocycles. The fourth-order valence-corrected chi connectivity index (χ4v) is 2.28. The molecule has 0 bridgehead atoms. The molecule has 0 aliphatic rings. The van der Waals surface area contributed by atoms with Crippen LogP contribution in [0.25, 0.3) is 0 Å². The van der Waals surface area contributed by atoms with Crippen LogP contribution < -0.4 is 0 Å². The van der Waals surface area contributed by atoms with Crippen LogP contribution in [-0.4, -0.2) is 10.4 Å². The standard InChI is InChI=1S/C17H23NOS/c1-3-4-5-6-7-8-9-10-15-18-20(19)17-13-11-16(2)12-14-17/h7-15H,3-6H2,1-2H3/b8-7-,10-9+,18-15+/t20-/m0/s1. The van der Waals surface area contributed by atoms with E-state index in [1.165, 1.54) is 19.3 Å². The fraction of sp³-hybridized carbons (Fsp3) is 0.353. The second-order valence-electron chi connectivity index (χ2n) is 4.63. The summed E-state index contributed by atoms with van der Waals surface area (Å²) in [5.41, 5.74) is 1.16. The molecule has 0 spiro atoms. The van der Waals surface area contributed by atoms with Crippen molar-refractivity contribution in [1.29, 1.82) is 0 Å². The molecule has 0 radical (unpaired) electrons. The molecule has 0 amide bonds. The lowest BCUT2D eigenvalue weighted by Gasteiger charge is -1.95. The van der Waals surface area contributed by atoms with Crippen LogP contribution in [0.15, 0.2) is 57.9 Å². The molecule has 3 heteroatoms. The maximum atomic E-state index is 11.8. The average molecular weight is 289 g/mol. The van der Waals surface area contributed by atoms with Crippen LogP contribution in [0.1, 0.15) is 38.2 Å². The second kappa shape index (κ2) is 10.3. The van der Waals surface area contributed by atoms with E-state index in [0.717, 1.165) is 16.9 Å². The Morgan fingerprint density at radius 2 is 1.85 bits per heavy atom. The van der Waals surface area contributed by atoms with E-state index in [1.54, 1.807) is 6.21 Å². The Kier molecular flexibility index (Phi) is 8.56. The highest BCUT2D eigenvalue weighted by Gasteiger charge is 1.98. The molecule has 0 saturated heterocycles. The molecule has 0 heterocycles. The summed E-state index contributed by atoms with van der Waals surface area (Å²) >= 11 is 0. The van der Waals surface area contributed by atoms with Gasteiger partial charge in [0.25, 0.3) is 0 Å². The van der Waals surface area contributed by atoms with Gasteiger partial charge in [-0.05, 0) is 38.0 Å². The van der Waals surface area contributed by atoms with Gasteiger partial charge >= 0.3 is 0 Å². The molecule has 0 aliphatic carbocycles. The van der Waals surface area contributed by atoms with Crippen molar-refractivity contribution in [1.82, 2.24) is 0 Å². The predicted molar refractivity (Wildman–Crippen MR) is 88.5 cm³/mol. The van der Waals surface area contributed by atoms with Crippen LogP contribution in [0.4, 0.5) is 0 Å². The Bertz CT molecular complexity index is 486. The minimum absolute atomic E-state index is 0.732. The molecule has 0 fully saturated rings. The lowest BCUT2D eigenvalue weighted by molar-refractivity contribution is 0.684. The zero-order chi connectivity index (χ0) is 14.6. The maximum absolute atomic E-state index is 11.8. The molecule has 1 aromatic rings. The molecule has 0 unspecified atom stereocenters. The highest BCUT2D eigenvalue weighted by molar-refractivity contribution is 7.83. The molecule has 1 rings (SSSR count). The van der Waals surface area contributed by atoms with Gasteiger partial charge < -0.3 is 0 Å². The lowest BCUT2D eigenvalue weighted by Crippen LogP contribution is -1.86. The first kappa shape index (κ1) is 16.6. The summed E-state index contributed by atoms with van der Waals surface area (Å²) in [5, 5.41) is 0. The molecular weight excluding hydrogens is 266 g/mol. The first-order valence-corrected chi connectivity index (χ1v) is 8.19. The van der Waals surface area contributed by atoms with Crippen molar-refractivity contribution < 1.29 is 4.21 Å². The number of hydrogen-bond donors (Lipinski definition) is 0. The highest BCUT2D eigenvalue weighted by atomic mass is 32.2. The highest BCUT2D eigenvalue weighted by Crippen LogP contribution is 2.08. The van der Waals surface area contributed by atoms with Gasteiger partial charge in [-0.3, -0.25) is 0 Å². The quantitative estimate of drug-likeness (QED) is 0.384. The molecule has 0 saturated carbocycles. The minimum Gasteiger partial charge on any atom is -0.229 e. The molecule has 20 heavy (non-hydrogen) atoms. The summed E-state index contributed by atoms with van der Waals surface area (Å²) in [6.45, 7) is 4.21. The molecule has 2 nitrogen and oxygen atoms in total. The smallest absolute Gasteiger partial charge is 0.172 e. The molecular formula is C17H23NOS. The van der Waals surface area contributed by atoms with E-state index in [4.69, 9.17) is 0 Å². The summed E-state index contributed by atoms with van der Waals surface area (Å²) in [6, 6.07) is 7.58. The third-order valence-electron chi connectivity index (χ3n) is 2.80. The number of nitrogens with zero attached hydrogens (tertiary/aromatic N) is 1. The number of allylic oxidation sites excluding steroid dienone is 4. The van der Waals surface area contributed by atoms with Crippen molar-refractivity contribution in [3.05, 3.63) is 54.1 Å². The van der Waals surface area contributed by atoms with E-state index < -0.39 is 11.0 Å². The maximum Gasteiger partial charge on any atom is 0.172 e. The largest absolute Gasteiger partial charge is 0.229 e. The average Bonchev–Trinajstić information content (AvgIpc) is 2.46. The van der Waals surface area contributed by atoms with Crippen molar-refractivity contribution in [2.24, 2.45) is 4.40 Å². The summed E-state index contributed by atoms with van der Waals surface area (Å²) in [7, 11) is -1.31. The van der Waals surface area contributed by atoms with Crippen molar-refractivity contribution >= 4 is 17.2 Å². The summed E-state index contributed by atoms with van der Waals surface area (Å²) < 4.78 is 15.8. The Morgan fingerprint density at radius 1 is 1.10 bits per heavy atom. The van der Waals surface area contributed by atoms with E-state index in [0.29, 0.717) is 0 Å². The van der Waals surface area contributed by atoms with Gasteiger partial charge in [-0.25, -0.2) is 4.21 Å². The van der Waals surface area contributed by atoms with Gasteiger partial charge in [0, 0.05) is 6.21 Å². The SMILES string of the molecule is CCCCC\C=C/C=C/C=N/[S@@](=O)c1ccc(C)cc1. The van der Waals surface area contributed by atoms with E-state index in [-0.39, 0.29) is 0 Å². The lowest BCUT2D eigenvalue weighted by atomic mass is 10.2. The van der Waals surface area contributed by atoms with Crippen molar-refractivity contribution in [2.45, 2.75) is 44.4 Å². The van der Waals surface area contributed by atoms with Gasteiger partial charge in [0.1, 0.15) is 0 Å². The molecule has 0 aromatic heterocycles. The van der Waals surface area contributed by atoms with Crippen molar-refractivity contribution in [3.63, 3.8) is 0 Å². The van der Waals surface area contributed by atoms with Crippen LogP contribution in [0.2, 0.25) is 0 Å². The predicted octanol–water partition coefficient (Wildman–Crippen LogP) is 4.78. The molecule has 0 aliphatic heterocycles. The van der Waals surface area contributed by atoms with Gasteiger partial charge in [0.05, 0.1) is 4.90 Å². The van der Waals surface area contributed by atoms with Crippen LogP contribution in [0.3, 0.4) is 0 Å². The second-order valence-corrected chi connectivity index (χ2v) is 5.81. The number of benzene rings is 1. The normalized spacial score (nSPS) is 13.7. The van der Waals surface area contributed by atoms with Gasteiger partial charge in [-0.15, -0.1) is 0 Å². The van der Waals surface area contributed by atoms with Crippen molar-refractivity contribution in [3.8, 4) is 0 Å². The molecule has 0 N–H and O–H groups in total. The van der Waals surface area contributed by atoms with E-state index in [2.05, 4.69) is 17.4 Å². The van der Waals surface area contributed by atoms with E-state index in [1.807, 2.05) is 49.4 Å². The zero-order valence-corrected chi connectivity index (χ0v) is 13.1.